The molecule has 9 heteroatoms. The summed E-state index contributed by atoms with van der Waals surface area (Å²) < 4.78 is 8.34. The molecule has 0 aliphatic heterocycles. The molecule has 0 radical (unpaired) electrons. The first-order valence-electron chi connectivity index (χ1n) is 10.1. The maximum Gasteiger partial charge on any atom is 0.231 e. The van der Waals surface area contributed by atoms with Crippen LogP contribution in [0, 0.1) is 5.92 Å². The summed E-state index contributed by atoms with van der Waals surface area (Å²) in [5.41, 5.74) is 0.719. The van der Waals surface area contributed by atoms with Gasteiger partial charge in [-0.05, 0) is 31.4 Å². The average Bonchev–Trinajstić information content (AvgIpc) is 3.42. The highest BCUT2D eigenvalue weighted by Crippen LogP contribution is 2.39. The van der Waals surface area contributed by atoms with Crippen LogP contribution < -0.4 is 9.64 Å². The first-order valence-corrected chi connectivity index (χ1v) is 11.3. The number of rotatable bonds is 7. The van der Waals surface area contributed by atoms with E-state index in [9.17, 15) is 4.79 Å². The topological polar surface area (TPSA) is 60.2 Å². The molecule has 1 fully saturated rings. The molecule has 0 unspecified atom stereocenters. The molecule has 3 aromatic rings. The number of imidazole rings is 1. The lowest BCUT2D eigenvalue weighted by Crippen LogP contribution is -2.38. The predicted molar refractivity (Wildman–Crippen MR) is 124 cm³/mol. The Morgan fingerprint density at radius 2 is 2.13 bits per heavy atom. The van der Waals surface area contributed by atoms with E-state index in [1.807, 2.05) is 27.8 Å². The maximum atomic E-state index is 13.4. The Labute approximate surface area is 191 Å². The van der Waals surface area contributed by atoms with Crippen LogP contribution in [0.25, 0.3) is 10.2 Å². The van der Waals surface area contributed by atoms with Crippen LogP contribution in [0.4, 0.5) is 5.13 Å². The Morgan fingerprint density at radius 1 is 1.33 bits per heavy atom. The van der Waals surface area contributed by atoms with Crippen LogP contribution in [0.1, 0.15) is 38.5 Å². The summed E-state index contributed by atoms with van der Waals surface area (Å²) in [6, 6.07) is 3.64. The van der Waals surface area contributed by atoms with Gasteiger partial charge in [-0.1, -0.05) is 42.2 Å². The summed E-state index contributed by atoms with van der Waals surface area (Å²) in [7, 11) is 1.62. The number of nitrogens with zero attached hydrogens (tertiary/aromatic N) is 4. The summed E-state index contributed by atoms with van der Waals surface area (Å²) in [6.45, 7) is 1.43. The number of carbonyl (C=O) groups is 1. The van der Waals surface area contributed by atoms with Gasteiger partial charge in [0.1, 0.15) is 11.3 Å². The molecule has 0 saturated heterocycles. The lowest BCUT2D eigenvalue weighted by atomic mass is 9.88. The Bertz CT molecular complexity index is 971. The molecule has 1 aromatic carbocycles. The van der Waals surface area contributed by atoms with Gasteiger partial charge in [-0.2, -0.15) is 0 Å². The van der Waals surface area contributed by atoms with E-state index in [0.29, 0.717) is 22.4 Å². The van der Waals surface area contributed by atoms with Gasteiger partial charge in [-0.15, -0.1) is 12.4 Å². The third kappa shape index (κ3) is 4.90. The van der Waals surface area contributed by atoms with Gasteiger partial charge in [-0.25, -0.2) is 9.97 Å². The number of amides is 1. The van der Waals surface area contributed by atoms with Gasteiger partial charge >= 0.3 is 0 Å². The molecule has 0 atom stereocenters. The van der Waals surface area contributed by atoms with Crippen LogP contribution in [0.15, 0.2) is 30.9 Å². The summed E-state index contributed by atoms with van der Waals surface area (Å²) in [5, 5.41) is 1.33. The van der Waals surface area contributed by atoms with Crippen LogP contribution in [-0.4, -0.2) is 34.1 Å². The van der Waals surface area contributed by atoms with Crippen LogP contribution in [0.3, 0.4) is 0 Å². The second-order valence-corrected chi connectivity index (χ2v) is 8.79. The van der Waals surface area contributed by atoms with Gasteiger partial charge in [-0.3, -0.25) is 9.69 Å². The maximum absolute atomic E-state index is 13.4. The number of hydrogen-bond acceptors (Lipinski definition) is 5. The number of anilines is 1. The highest BCUT2D eigenvalue weighted by molar-refractivity contribution is 7.23. The van der Waals surface area contributed by atoms with Crippen molar-refractivity contribution in [3.05, 3.63) is 35.9 Å². The third-order valence-electron chi connectivity index (χ3n) is 5.48. The molecule has 1 saturated carbocycles. The number of ether oxygens (including phenoxy) is 1. The molecule has 2 aromatic heterocycles. The Balaban J connectivity index is 0.00000256. The Hall–Kier alpha value is -1.83. The molecule has 1 aliphatic carbocycles. The number of methoxy groups -OCH3 is 1. The van der Waals surface area contributed by atoms with E-state index < -0.39 is 0 Å². The first kappa shape index (κ1) is 22.8. The van der Waals surface area contributed by atoms with E-state index in [1.165, 1.54) is 17.8 Å². The summed E-state index contributed by atoms with van der Waals surface area (Å²) in [4.78, 5) is 24.1. The fourth-order valence-corrected chi connectivity index (χ4v) is 5.21. The van der Waals surface area contributed by atoms with Crippen LogP contribution in [0.5, 0.6) is 5.75 Å². The SMILES string of the molecule is COc1ccc(Cl)c2sc(N(CCCn3ccnc3)C(=O)C3CCCCC3)nc12.Cl. The lowest BCUT2D eigenvalue weighted by molar-refractivity contribution is -0.123. The van der Waals surface area contributed by atoms with Crippen molar-refractivity contribution in [2.75, 3.05) is 18.6 Å². The van der Waals surface area contributed by atoms with Crippen molar-refractivity contribution in [3.8, 4) is 5.75 Å². The molecule has 0 N–H and O–H groups in total. The zero-order valence-electron chi connectivity index (χ0n) is 16.9. The van der Waals surface area contributed by atoms with Crippen LogP contribution in [-0.2, 0) is 11.3 Å². The second kappa shape index (κ2) is 10.5. The summed E-state index contributed by atoms with van der Waals surface area (Å²) >= 11 is 7.87. The van der Waals surface area contributed by atoms with Crippen molar-refractivity contribution in [1.82, 2.24) is 14.5 Å². The minimum Gasteiger partial charge on any atom is -0.494 e. The van der Waals surface area contributed by atoms with E-state index >= 15 is 0 Å². The molecular formula is C21H26Cl2N4O2S. The number of carbonyl (C=O) groups excluding carboxylic acids is 1. The zero-order valence-corrected chi connectivity index (χ0v) is 19.3. The molecule has 162 valence electrons. The largest absolute Gasteiger partial charge is 0.494 e. The number of halogens is 2. The second-order valence-electron chi connectivity index (χ2n) is 7.40. The summed E-state index contributed by atoms with van der Waals surface area (Å²) in [6.07, 6.45) is 11.7. The molecular weight excluding hydrogens is 443 g/mol. The van der Waals surface area contributed by atoms with Crippen molar-refractivity contribution in [1.29, 1.82) is 0 Å². The van der Waals surface area contributed by atoms with Gasteiger partial charge in [0.25, 0.3) is 0 Å². The predicted octanol–water partition coefficient (Wildman–Crippen LogP) is 5.58. The highest BCUT2D eigenvalue weighted by Gasteiger charge is 2.29. The number of aryl methyl sites for hydroxylation is 1. The van der Waals surface area contributed by atoms with E-state index in [1.54, 1.807) is 19.6 Å². The van der Waals surface area contributed by atoms with Crippen LogP contribution in [0.2, 0.25) is 5.02 Å². The highest BCUT2D eigenvalue weighted by atomic mass is 35.5. The molecule has 30 heavy (non-hydrogen) atoms. The zero-order chi connectivity index (χ0) is 20.2. The van der Waals surface area contributed by atoms with Crippen molar-refractivity contribution < 1.29 is 9.53 Å². The number of hydrogen-bond donors (Lipinski definition) is 0. The number of aromatic nitrogens is 3. The van der Waals surface area contributed by atoms with Crippen molar-refractivity contribution in [3.63, 3.8) is 0 Å². The monoisotopic (exact) mass is 468 g/mol. The quantitative estimate of drug-likeness (QED) is 0.453. The molecule has 1 amide bonds. The van der Waals surface area contributed by atoms with Gasteiger partial charge in [0, 0.05) is 31.4 Å². The van der Waals surface area contributed by atoms with E-state index in [-0.39, 0.29) is 24.2 Å². The standard InChI is InChI=1S/C21H25ClN4O2S.ClH/c1-28-17-9-8-16(22)19-18(17)24-21(29-19)26(12-5-11-25-13-10-23-14-25)20(27)15-6-3-2-4-7-15;/h8-10,13-15H,2-7,11-12H2,1H3;1H. The van der Waals surface area contributed by atoms with Gasteiger partial charge in [0.15, 0.2) is 5.13 Å². The fourth-order valence-electron chi connectivity index (χ4n) is 3.92. The van der Waals surface area contributed by atoms with E-state index in [4.69, 9.17) is 21.3 Å². The average molecular weight is 469 g/mol. The molecule has 6 nitrogen and oxygen atoms in total. The first-order chi connectivity index (χ1) is 14.2. The van der Waals surface area contributed by atoms with Crippen molar-refractivity contribution >= 4 is 56.6 Å². The molecule has 4 rings (SSSR count). The number of thiazole rings is 1. The normalized spacial score (nSPS) is 14.5. The van der Waals surface area contributed by atoms with Gasteiger partial charge in [0.05, 0.1) is 23.2 Å². The Morgan fingerprint density at radius 3 is 2.83 bits per heavy atom. The third-order valence-corrected chi connectivity index (χ3v) is 7.01. The van der Waals surface area contributed by atoms with Crippen LogP contribution >= 0.6 is 35.3 Å². The van der Waals surface area contributed by atoms with Crippen molar-refractivity contribution in [2.24, 2.45) is 5.92 Å². The van der Waals surface area contributed by atoms with Gasteiger partial charge in [0.2, 0.25) is 5.91 Å². The fraction of sp³-hybridized carbons (Fsp3) is 0.476. The molecule has 1 aliphatic rings. The Kier molecular flexibility index (Phi) is 7.97. The van der Waals surface area contributed by atoms with Crippen molar-refractivity contribution in [2.45, 2.75) is 45.1 Å². The molecule has 2 heterocycles. The number of benzene rings is 1. The lowest BCUT2D eigenvalue weighted by Gasteiger charge is -2.27. The number of fused-ring (bicyclic) bond motifs is 1. The van der Waals surface area contributed by atoms with E-state index in [0.717, 1.165) is 48.9 Å². The van der Waals surface area contributed by atoms with Gasteiger partial charge < -0.3 is 9.30 Å². The molecule has 0 spiro atoms. The minimum atomic E-state index is 0. The molecule has 0 bridgehead atoms. The smallest absolute Gasteiger partial charge is 0.231 e. The minimum absolute atomic E-state index is 0. The van der Waals surface area contributed by atoms with E-state index in [2.05, 4.69) is 4.98 Å². The summed E-state index contributed by atoms with van der Waals surface area (Å²) in [5.74, 6) is 0.946.